The molecular formula is C26H38O8. The van der Waals surface area contributed by atoms with E-state index >= 15 is 0 Å². The van der Waals surface area contributed by atoms with E-state index in [1.165, 1.54) is 6.92 Å². The van der Waals surface area contributed by atoms with Gasteiger partial charge in [-0.25, -0.2) is 0 Å². The standard InChI is InChI=1S/C26H38O8/c1-16(2)21(29)33-19-11-23(5)22(4,9-10-24(34-23)12-20(28)31-13-24)18-7-6-8-25(14-32-25)26(18,19)15-30-17(3)27/h16,18-19H,6-15H2,1-5H3/t18-,19+,22-,23+,24+,25+,26+/m1/s1. The monoisotopic (exact) mass is 478 g/mol. The first-order valence-corrected chi connectivity index (χ1v) is 12.7. The average molecular weight is 479 g/mol. The number of fused-ring (bicyclic) bond motifs is 4. The highest BCUT2D eigenvalue weighted by Gasteiger charge is 2.79. The van der Waals surface area contributed by atoms with Crippen molar-refractivity contribution < 1.29 is 38.1 Å². The molecule has 8 nitrogen and oxygen atoms in total. The van der Waals surface area contributed by atoms with Crippen LogP contribution in [0.2, 0.25) is 0 Å². The Balaban J connectivity index is 1.60. The summed E-state index contributed by atoms with van der Waals surface area (Å²) in [4.78, 5) is 37.0. The molecule has 7 atom stereocenters. The summed E-state index contributed by atoms with van der Waals surface area (Å²) in [7, 11) is 0. The highest BCUT2D eigenvalue weighted by Crippen LogP contribution is 2.72. The van der Waals surface area contributed by atoms with Crippen LogP contribution in [0.3, 0.4) is 0 Å². The Morgan fingerprint density at radius 3 is 2.47 bits per heavy atom. The summed E-state index contributed by atoms with van der Waals surface area (Å²) >= 11 is 0. The van der Waals surface area contributed by atoms with Crippen molar-refractivity contribution in [2.75, 3.05) is 19.8 Å². The molecule has 0 aromatic heterocycles. The van der Waals surface area contributed by atoms with Crippen molar-refractivity contribution in [3.63, 3.8) is 0 Å². The second kappa shape index (κ2) is 7.66. The van der Waals surface area contributed by atoms with Crippen molar-refractivity contribution in [3.05, 3.63) is 0 Å². The Morgan fingerprint density at radius 2 is 1.88 bits per heavy atom. The van der Waals surface area contributed by atoms with Crippen LogP contribution < -0.4 is 0 Å². The molecule has 8 heteroatoms. The molecule has 0 bridgehead atoms. The van der Waals surface area contributed by atoms with Crippen LogP contribution in [0.5, 0.6) is 0 Å². The molecule has 3 saturated heterocycles. The zero-order valence-corrected chi connectivity index (χ0v) is 21.1. The van der Waals surface area contributed by atoms with Crippen LogP contribution in [0, 0.1) is 22.7 Å². The maximum Gasteiger partial charge on any atom is 0.308 e. The minimum absolute atomic E-state index is 0.0645. The van der Waals surface area contributed by atoms with Gasteiger partial charge in [-0.3, -0.25) is 14.4 Å². The fraction of sp³-hybridized carbons (Fsp3) is 0.885. The van der Waals surface area contributed by atoms with E-state index in [0.717, 1.165) is 32.1 Å². The molecule has 2 aliphatic carbocycles. The molecule has 0 N–H and O–H groups in total. The highest BCUT2D eigenvalue weighted by atomic mass is 16.6. The number of hydrogen-bond acceptors (Lipinski definition) is 8. The summed E-state index contributed by atoms with van der Waals surface area (Å²) in [6.45, 7) is 10.5. The summed E-state index contributed by atoms with van der Waals surface area (Å²) < 4.78 is 30.4. The zero-order chi connectivity index (χ0) is 24.6. The smallest absolute Gasteiger partial charge is 0.308 e. The van der Waals surface area contributed by atoms with Crippen molar-refractivity contribution in [2.24, 2.45) is 22.7 Å². The summed E-state index contributed by atoms with van der Waals surface area (Å²) in [6.07, 6.45) is 4.55. The minimum Gasteiger partial charge on any atom is -0.465 e. The van der Waals surface area contributed by atoms with E-state index < -0.39 is 28.3 Å². The molecule has 0 amide bonds. The maximum absolute atomic E-state index is 13.0. The molecule has 2 spiro atoms. The van der Waals surface area contributed by atoms with Crippen molar-refractivity contribution in [2.45, 2.75) is 102 Å². The second-order valence-electron chi connectivity index (χ2n) is 12.1. The van der Waals surface area contributed by atoms with Crippen LogP contribution in [0.4, 0.5) is 0 Å². The van der Waals surface area contributed by atoms with Crippen molar-refractivity contribution >= 4 is 17.9 Å². The second-order valence-corrected chi connectivity index (χ2v) is 12.1. The van der Waals surface area contributed by atoms with Gasteiger partial charge in [-0.1, -0.05) is 27.2 Å². The van der Waals surface area contributed by atoms with Gasteiger partial charge in [-0.15, -0.1) is 0 Å². The van der Waals surface area contributed by atoms with Gasteiger partial charge in [0, 0.05) is 18.8 Å². The largest absolute Gasteiger partial charge is 0.465 e. The van der Waals surface area contributed by atoms with Crippen molar-refractivity contribution in [3.8, 4) is 0 Å². The van der Waals surface area contributed by atoms with E-state index in [0.29, 0.717) is 13.0 Å². The van der Waals surface area contributed by atoms with Crippen LogP contribution >= 0.6 is 0 Å². The number of ether oxygens (including phenoxy) is 5. The third kappa shape index (κ3) is 3.27. The number of hydrogen-bond donors (Lipinski definition) is 0. The molecule has 2 saturated carbocycles. The third-order valence-corrected chi connectivity index (χ3v) is 9.91. The Hall–Kier alpha value is -1.67. The van der Waals surface area contributed by atoms with Crippen LogP contribution in [-0.4, -0.2) is 60.6 Å². The van der Waals surface area contributed by atoms with Gasteiger partial charge in [0.15, 0.2) is 0 Å². The molecule has 3 heterocycles. The number of carbonyl (C=O) groups is 3. The average Bonchev–Trinajstić information content (AvgIpc) is 3.44. The summed E-state index contributed by atoms with van der Waals surface area (Å²) in [5, 5.41) is 0. The molecule has 0 radical (unpaired) electrons. The predicted molar refractivity (Wildman–Crippen MR) is 120 cm³/mol. The van der Waals surface area contributed by atoms with Crippen LogP contribution in [0.15, 0.2) is 0 Å². The van der Waals surface area contributed by atoms with Gasteiger partial charge in [0.2, 0.25) is 0 Å². The Labute approximate surface area is 201 Å². The lowest BCUT2D eigenvalue weighted by molar-refractivity contribution is -0.325. The minimum atomic E-state index is -0.640. The predicted octanol–water partition coefficient (Wildman–Crippen LogP) is 3.34. The van der Waals surface area contributed by atoms with E-state index in [4.69, 9.17) is 23.7 Å². The molecule has 0 aromatic rings. The number of carbonyl (C=O) groups excluding carboxylic acids is 3. The highest BCUT2D eigenvalue weighted by molar-refractivity contribution is 5.73. The summed E-state index contributed by atoms with van der Waals surface area (Å²) in [6, 6.07) is 0. The summed E-state index contributed by atoms with van der Waals surface area (Å²) in [5.41, 5.74) is -2.63. The Morgan fingerprint density at radius 1 is 1.15 bits per heavy atom. The quantitative estimate of drug-likeness (QED) is 0.345. The molecule has 0 unspecified atom stereocenters. The zero-order valence-electron chi connectivity index (χ0n) is 21.1. The molecule has 0 aromatic carbocycles. The van der Waals surface area contributed by atoms with E-state index in [1.807, 2.05) is 13.8 Å². The Kier molecular flexibility index (Phi) is 5.42. The van der Waals surface area contributed by atoms with Gasteiger partial charge in [-0.2, -0.15) is 0 Å². The fourth-order valence-electron chi connectivity index (χ4n) is 7.83. The van der Waals surface area contributed by atoms with Gasteiger partial charge < -0.3 is 23.7 Å². The topological polar surface area (TPSA) is 101 Å². The molecule has 5 rings (SSSR count). The van der Waals surface area contributed by atoms with E-state index in [-0.39, 0.29) is 54.8 Å². The normalized spacial score (nSPS) is 47.2. The SMILES string of the molecule is CC(=O)OC[C@@]12[C@@H](OC(=O)C(C)C)C[C@]3(C)O[C@]4(CC[C@]3(C)[C@H]1CCC[C@]21CO1)COC(=O)C4. The third-order valence-electron chi connectivity index (χ3n) is 9.91. The van der Waals surface area contributed by atoms with Crippen molar-refractivity contribution in [1.29, 1.82) is 0 Å². The maximum atomic E-state index is 13.0. The van der Waals surface area contributed by atoms with E-state index in [2.05, 4.69) is 13.8 Å². The van der Waals surface area contributed by atoms with E-state index in [9.17, 15) is 14.4 Å². The van der Waals surface area contributed by atoms with Gasteiger partial charge in [0.25, 0.3) is 0 Å². The fourth-order valence-corrected chi connectivity index (χ4v) is 7.83. The lowest BCUT2D eigenvalue weighted by Crippen LogP contribution is -2.74. The van der Waals surface area contributed by atoms with Crippen LogP contribution in [0.1, 0.15) is 79.6 Å². The first-order valence-electron chi connectivity index (χ1n) is 12.7. The van der Waals surface area contributed by atoms with Gasteiger partial charge in [-0.05, 0) is 38.5 Å². The number of rotatable bonds is 4. The number of esters is 3. The van der Waals surface area contributed by atoms with Gasteiger partial charge in [0.1, 0.15) is 30.5 Å². The number of epoxide rings is 1. The lowest BCUT2D eigenvalue weighted by atomic mass is 9.41. The van der Waals surface area contributed by atoms with Crippen molar-refractivity contribution in [1.82, 2.24) is 0 Å². The van der Waals surface area contributed by atoms with Gasteiger partial charge >= 0.3 is 17.9 Å². The van der Waals surface area contributed by atoms with Gasteiger partial charge in [0.05, 0.1) is 30.0 Å². The lowest BCUT2D eigenvalue weighted by Gasteiger charge is -2.69. The molecule has 5 aliphatic rings. The van der Waals surface area contributed by atoms with E-state index in [1.54, 1.807) is 0 Å². The molecule has 34 heavy (non-hydrogen) atoms. The van der Waals surface area contributed by atoms with Crippen LogP contribution in [-0.2, 0) is 38.1 Å². The molecular weight excluding hydrogens is 440 g/mol. The first kappa shape index (κ1) is 24.0. The molecule has 190 valence electrons. The van der Waals surface area contributed by atoms with Crippen LogP contribution in [0.25, 0.3) is 0 Å². The molecule has 3 aliphatic heterocycles. The Bertz CT molecular complexity index is 895. The summed E-state index contributed by atoms with van der Waals surface area (Å²) in [5.74, 6) is -1.07. The number of cyclic esters (lactones) is 1. The first-order chi connectivity index (χ1) is 15.9. The molecule has 5 fully saturated rings.